The van der Waals surface area contributed by atoms with Crippen LogP contribution in [0.15, 0.2) is 35.6 Å². The van der Waals surface area contributed by atoms with E-state index in [2.05, 4.69) is 42.8 Å². The average molecular weight is 287 g/mol. The molecule has 0 radical (unpaired) electrons. The lowest BCUT2D eigenvalue weighted by molar-refractivity contribution is 0.554. The predicted molar refractivity (Wildman–Crippen MR) is 85.6 cm³/mol. The lowest BCUT2D eigenvalue weighted by Gasteiger charge is -2.22. The summed E-state index contributed by atoms with van der Waals surface area (Å²) in [6.07, 6.45) is 3.61. The van der Waals surface area contributed by atoms with Gasteiger partial charge in [0.2, 0.25) is 8.32 Å². The van der Waals surface area contributed by atoms with Crippen molar-refractivity contribution in [2.75, 3.05) is 0 Å². The van der Waals surface area contributed by atoms with Gasteiger partial charge in [0, 0.05) is 17.5 Å². The number of aliphatic imine (C=N–C) groups is 1. The van der Waals surface area contributed by atoms with Crippen LogP contribution in [-0.2, 0) is 0 Å². The van der Waals surface area contributed by atoms with Crippen molar-refractivity contribution in [3.63, 3.8) is 0 Å². The maximum Gasteiger partial charge on any atom is 0.242 e. The summed E-state index contributed by atoms with van der Waals surface area (Å²) in [5, 5.41) is 6.76. The number of nitrogens with zero attached hydrogens (tertiary/aromatic N) is 2. The number of para-hydroxylation sites is 1. The summed E-state index contributed by atoms with van der Waals surface area (Å²) < 4.78 is 6.19. The van der Waals surface area contributed by atoms with Gasteiger partial charge >= 0.3 is 0 Å². The third-order valence-electron chi connectivity index (χ3n) is 2.80. The third kappa shape index (κ3) is 3.57. The van der Waals surface area contributed by atoms with E-state index in [0.29, 0.717) is 0 Å². The molecule has 0 atom stereocenters. The highest BCUT2D eigenvalue weighted by molar-refractivity contribution is 6.70. The molecular weight excluding hydrogens is 266 g/mol. The Morgan fingerprint density at radius 2 is 2.05 bits per heavy atom. The number of aromatic nitrogens is 2. The lowest BCUT2D eigenvalue weighted by atomic mass is 10.2. The fraction of sp³-hybridized carbons (Fsp3) is 0.333. The molecule has 0 saturated heterocycles. The molecule has 1 aromatic carbocycles. The minimum Gasteiger partial charge on any atom is -0.543 e. The number of rotatable bonds is 4. The summed E-state index contributed by atoms with van der Waals surface area (Å²) in [5.74, 6) is 0.898. The first-order valence-corrected chi connectivity index (χ1v) is 10.1. The van der Waals surface area contributed by atoms with Gasteiger partial charge < -0.3 is 4.43 Å². The molecule has 1 N–H and O–H groups in total. The molecule has 0 aliphatic heterocycles. The van der Waals surface area contributed by atoms with E-state index in [0.717, 1.165) is 28.3 Å². The fourth-order valence-electron chi connectivity index (χ4n) is 1.86. The van der Waals surface area contributed by atoms with E-state index in [-0.39, 0.29) is 0 Å². The van der Waals surface area contributed by atoms with Crippen LogP contribution < -0.4 is 4.43 Å². The first-order chi connectivity index (χ1) is 9.37. The van der Waals surface area contributed by atoms with Gasteiger partial charge in [-0.2, -0.15) is 5.10 Å². The van der Waals surface area contributed by atoms with E-state index in [1.165, 1.54) is 0 Å². The van der Waals surface area contributed by atoms with E-state index in [1.54, 1.807) is 6.20 Å². The van der Waals surface area contributed by atoms with Gasteiger partial charge in [-0.25, -0.2) is 4.99 Å². The largest absolute Gasteiger partial charge is 0.543 e. The van der Waals surface area contributed by atoms with Gasteiger partial charge in [-0.15, -0.1) is 0 Å². The number of hydrogen-bond acceptors (Lipinski definition) is 3. The molecular formula is C15H21N3OSi. The molecule has 0 saturated carbocycles. The van der Waals surface area contributed by atoms with E-state index < -0.39 is 8.32 Å². The molecule has 0 aliphatic rings. The molecule has 2 aromatic rings. The molecule has 20 heavy (non-hydrogen) atoms. The summed E-state index contributed by atoms with van der Waals surface area (Å²) in [6, 6.07) is 6.06. The minimum absolute atomic E-state index is 0.881. The highest BCUT2D eigenvalue weighted by Crippen LogP contribution is 2.33. The van der Waals surface area contributed by atoms with Crippen molar-refractivity contribution < 1.29 is 4.43 Å². The van der Waals surface area contributed by atoms with E-state index in [4.69, 9.17) is 9.42 Å². The van der Waals surface area contributed by atoms with Crippen molar-refractivity contribution in [1.82, 2.24) is 10.2 Å². The summed E-state index contributed by atoms with van der Waals surface area (Å²) >= 11 is 0. The molecule has 1 aromatic heterocycles. The van der Waals surface area contributed by atoms with Gasteiger partial charge in [0.15, 0.2) is 0 Å². The van der Waals surface area contributed by atoms with Crippen LogP contribution in [0.4, 0.5) is 5.69 Å². The minimum atomic E-state index is -1.67. The van der Waals surface area contributed by atoms with E-state index in [1.807, 2.05) is 25.3 Å². The van der Waals surface area contributed by atoms with Crippen molar-refractivity contribution in [3.8, 4) is 5.75 Å². The number of H-pyrrole nitrogens is 1. The molecule has 2 rings (SSSR count). The first kappa shape index (κ1) is 14.5. The number of benzene rings is 1. The monoisotopic (exact) mass is 287 g/mol. The molecule has 1 heterocycles. The Kier molecular flexibility index (Phi) is 4.08. The van der Waals surface area contributed by atoms with Gasteiger partial charge in [0.1, 0.15) is 11.4 Å². The van der Waals surface area contributed by atoms with Crippen LogP contribution in [0.3, 0.4) is 0 Å². The SMILES string of the molecule is CC(=Nc1cccc(C)c1O[Si](C)(C)C)c1cn[nH]c1. The van der Waals surface area contributed by atoms with E-state index in [9.17, 15) is 0 Å². The van der Waals surface area contributed by atoms with Crippen molar-refractivity contribution in [3.05, 3.63) is 41.7 Å². The van der Waals surface area contributed by atoms with Gasteiger partial charge in [0.05, 0.1) is 6.20 Å². The summed E-state index contributed by atoms with van der Waals surface area (Å²) in [5.41, 5.74) is 3.91. The van der Waals surface area contributed by atoms with Crippen LogP contribution in [0.1, 0.15) is 18.1 Å². The zero-order chi connectivity index (χ0) is 14.8. The molecule has 0 fully saturated rings. The molecule has 0 spiro atoms. The number of aromatic amines is 1. The Morgan fingerprint density at radius 3 is 2.65 bits per heavy atom. The molecule has 0 aliphatic carbocycles. The second-order valence-electron chi connectivity index (χ2n) is 5.82. The molecule has 0 bridgehead atoms. The lowest BCUT2D eigenvalue weighted by Crippen LogP contribution is -2.29. The predicted octanol–water partition coefficient (Wildman–Crippen LogP) is 4.07. The zero-order valence-electron chi connectivity index (χ0n) is 12.7. The normalized spacial score (nSPS) is 12.6. The van der Waals surface area contributed by atoms with Gasteiger partial charge in [-0.05, 0) is 45.1 Å². The summed E-state index contributed by atoms with van der Waals surface area (Å²) in [6.45, 7) is 10.6. The van der Waals surface area contributed by atoms with Crippen molar-refractivity contribution in [2.45, 2.75) is 33.5 Å². The highest BCUT2D eigenvalue weighted by Gasteiger charge is 2.19. The van der Waals surface area contributed by atoms with Crippen LogP contribution in [0, 0.1) is 6.92 Å². The Bertz CT molecular complexity index is 613. The van der Waals surface area contributed by atoms with Gasteiger partial charge in [-0.3, -0.25) is 5.10 Å². The smallest absolute Gasteiger partial charge is 0.242 e. The average Bonchev–Trinajstić information content (AvgIpc) is 2.86. The Balaban J connectivity index is 2.42. The molecule has 0 unspecified atom stereocenters. The van der Waals surface area contributed by atoms with Crippen LogP contribution in [0.2, 0.25) is 19.6 Å². The Morgan fingerprint density at radius 1 is 1.30 bits per heavy atom. The Labute approximate surface area is 121 Å². The Hall–Kier alpha value is -1.88. The topological polar surface area (TPSA) is 50.3 Å². The van der Waals surface area contributed by atoms with Gasteiger partial charge in [-0.1, -0.05) is 12.1 Å². The molecule has 4 nitrogen and oxygen atoms in total. The highest BCUT2D eigenvalue weighted by atomic mass is 28.4. The maximum absolute atomic E-state index is 6.19. The van der Waals surface area contributed by atoms with Crippen LogP contribution in [0.25, 0.3) is 0 Å². The number of aryl methyl sites for hydroxylation is 1. The third-order valence-corrected chi connectivity index (χ3v) is 3.62. The molecule has 0 amide bonds. The van der Waals surface area contributed by atoms with Crippen LogP contribution in [0.5, 0.6) is 5.75 Å². The number of nitrogens with one attached hydrogen (secondary N) is 1. The van der Waals surface area contributed by atoms with Crippen molar-refractivity contribution >= 4 is 19.7 Å². The second-order valence-corrected chi connectivity index (χ2v) is 10.3. The zero-order valence-corrected chi connectivity index (χ0v) is 13.7. The van der Waals surface area contributed by atoms with Gasteiger partial charge in [0.25, 0.3) is 0 Å². The molecule has 5 heteroatoms. The standard InChI is InChI=1S/C15H21N3OSi/c1-11-7-6-8-14(15(11)19-20(3,4)5)18-12(2)13-9-16-17-10-13/h6-10H,1-5H3,(H,16,17). The maximum atomic E-state index is 6.19. The van der Waals surface area contributed by atoms with Crippen LogP contribution >= 0.6 is 0 Å². The second kappa shape index (κ2) is 5.62. The first-order valence-electron chi connectivity index (χ1n) is 6.70. The fourth-order valence-corrected chi connectivity index (χ4v) is 2.74. The molecule has 106 valence electrons. The summed E-state index contributed by atoms with van der Waals surface area (Å²) in [7, 11) is -1.67. The van der Waals surface area contributed by atoms with Crippen molar-refractivity contribution in [1.29, 1.82) is 0 Å². The number of hydrogen-bond donors (Lipinski definition) is 1. The van der Waals surface area contributed by atoms with Crippen molar-refractivity contribution in [2.24, 2.45) is 4.99 Å². The summed E-state index contributed by atoms with van der Waals surface area (Å²) in [4.78, 5) is 4.70. The quantitative estimate of drug-likeness (QED) is 0.680. The van der Waals surface area contributed by atoms with Crippen LogP contribution in [-0.4, -0.2) is 24.2 Å². The van der Waals surface area contributed by atoms with E-state index >= 15 is 0 Å².